The number of rotatable bonds is 5. The molecule has 21 heavy (non-hydrogen) atoms. The number of aryl methyl sites for hydroxylation is 1. The Balaban J connectivity index is 2.34. The average Bonchev–Trinajstić information content (AvgIpc) is 2.45. The third-order valence-electron chi connectivity index (χ3n) is 3.65. The minimum atomic E-state index is -0.195. The highest BCUT2D eigenvalue weighted by molar-refractivity contribution is 5.31. The lowest BCUT2D eigenvalue weighted by Crippen LogP contribution is -2.26. The summed E-state index contributed by atoms with van der Waals surface area (Å²) >= 11 is 0. The van der Waals surface area contributed by atoms with Gasteiger partial charge in [0, 0.05) is 23.7 Å². The van der Waals surface area contributed by atoms with E-state index in [9.17, 15) is 0 Å². The van der Waals surface area contributed by atoms with Crippen molar-refractivity contribution in [2.24, 2.45) is 0 Å². The summed E-state index contributed by atoms with van der Waals surface area (Å²) in [6.07, 6.45) is 0. The molecule has 0 aliphatic heterocycles. The van der Waals surface area contributed by atoms with Crippen molar-refractivity contribution in [2.45, 2.75) is 52.6 Å². The second kappa shape index (κ2) is 6.35. The molecule has 1 heterocycles. The van der Waals surface area contributed by atoms with Crippen LogP contribution in [-0.4, -0.2) is 16.0 Å². The minimum absolute atomic E-state index is 0.195. The molecule has 0 fully saturated rings. The number of hydrogen-bond donors (Lipinski definition) is 1. The molecule has 1 aromatic heterocycles. The number of nitrogens with one attached hydrogen (secondary N) is 1. The minimum Gasteiger partial charge on any atom is -0.309 e. The fourth-order valence-electron chi connectivity index (χ4n) is 2.30. The second-order valence-electron chi connectivity index (χ2n) is 6.35. The van der Waals surface area contributed by atoms with E-state index in [1.165, 1.54) is 5.56 Å². The Kier molecular flexibility index (Phi) is 4.73. The van der Waals surface area contributed by atoms with Crippen LogP contribution in [0.15, 0.2) is 36.4 Å². The van der Waals surface area contributed by atoms with Crippen LogP contribution in [0.5, 0.6) is 0 Å². The van der Waals surface area contributed by atoms with Gasteiger partial charge in [-0.2, -0.15) is 0 Å². The van der Waals surface area contributed by atoms with Crippen molar-refractivity contribution in [1.29, 1.82) is 0 Å². The molecule has 0 unspecified atom stereocenters. The first-order chi connectivity index (χ1) is 9.89. The zero-order valence-corrected chi connectivity index (χ0v) is 13.6. The molecule has 1 aromatic carbocycles. The summed E-state index contributed by atoms with van der Waals surface area (Å²) in [5, 5.41) is 3.42. The average molecular weight is 283 g/mol. The van der Waals surface area contributed by atoms with Gasteiger partial charge in [0.25, 0.3) is 0 Å². The van der Waals surface area contributed by atoms with E-state index in [0.717, 1.165) is 23.8 Å². The van der Waals surface area contributed by atoms with Crippen molar-refractivity contribution in [2.75, 3.05) is 0 Å². The van der Waals surface area contributed by atoms with E-state index in [2.05, 4.69) is 68.3 Å². The summed E-state index contributed by atoms with van der Waals surface area (Å²) < 4.78 is 0. The molecule has 0 amide bonds. The van der Waals surface area contributed by atoms with Crippen molar-refractivity contribution >= 4 is 0 Å². The second-order valence-corrected chi connectivity index (χ2v) is 6.35. The molecular weight excluding hydrogens is 258 g/mol. The van der Waals surface area contributed by atoms with Crippen molar-refractivity contribution in [3.8, 4) is 0 Å². The molecule has 3 heteroatoms. The summed E-state index contributed by atoms with van der Waals surface area (Å²) in [6, 6.07) is 12.9. The monoisotopic (exact) mass is 283 g/mol. The van der Waals surface area contributed by atoms with E-state index in [4.69, 9.17) is 4.98 Å². The molecule has 0 spiro atoms. The van der Waals surface area contributed by atoms with Crippen LogP contribution in [0, 0.1) is 6.92 Å². The van der Waals surface area contributed by atoms with E-state index in [1.807, 2.05) is 13.0 Å². The predicted octanol–water partition coefficient (Wildman–Crippen LogP) is 3.61. The molecule has 3 nitrogen and oxygen atoms in total. The lowest BCUT2D eigenvalue weighted by Gasteiger charge is -2.24. The Labute approximate surface area is 127 Å². The zero-order chi connectivity index (χ0) is 15.5. The summed E-state index contributed by atoms with van der Waals surface area (Å²) in [7, 11) is 0. The Hall–Kier alpha value is -1.74. The van der Waals surface area contributed by atoms with E-state index >= 15 is 0 Å². The van der Waals surface area contributed by atoms with E-state index in [0.29, 0.717) is 6.04 Å². The van der Waals surface area contributed by atoms with Crippen molar-refractivity contribution in [3.05, 3.63) is 59.2 Å². The Morgan fingerprint density at radius 1 is 1.10 bits per heavy atom. The molecular formula is C18H25N3. The van der Waals surface area contributed by atoms with Gasteiger partial charge in [0.2, 0.25) is 0 Å². The standard InChI is InChI=1S/C18H25N3/c1-13(2)19-12-16-11-14(3)20-17(21-16)18(4,5)15-9-7-6-8-10-15/h6-11,13,19H,12H2,1-5H3. The van der Waals surface area contributed by atoms with Crippen LogP contribution >= 0.6 is 0 Å². The van der Waals surface area contributed by atoms with Crippen LogP contribution < -0.4 is 5.32 Å². The smallest absolute Gasteiger partial charge is 0.138 e. The summed E-state index contributed by atoms with van der Waals surface area (Å²) in [5.41, 5.74) is 3.11. The topological polar surface area (TPSA) is 37.8 Å². The molecule has 2 rings (SSSR count). The SMILES string of the molecule is Cc1cc(CNC(C)C)nc(C(C)(C)c2ccccc2)n1. The molecule has 0 saturated heterocycles. The maximum atomic E-state index is 4.78. The summed E-state index contributed by atoms with van der Waals surface area (Å²) in [6.45, 7) is 11.4. The summed E-state index contributed by atoms with van der Waals surface area (Å²) in [5.74, 6) is 0.884. The van der Waals surface area contributed by atoms with E-state index in [-0.39, 0.29) is 5.41 Å². The molecule has 0 bridgehead atoms. The maximum Gasteiger partial charge on any atom is 0.138 e. The normalized spacial score (nSPS) is 11.9. The van der Waals surface area contributed by atoms with Gasteiger partial charge in [-0.25, -0.2) is 9.97 Å². The van der Waals surface area contributed by atoms with Gasteiger partial charge in [-0.3, -0.25) is 0 Å². The highest BCUT2D eigenvalue weighted by Crippen LogP contribution is 2.28. The first-order valence-corrected chi connectivity index (χ1v) is 7.53. The number of nitrogens with zero attached hydrogens (tertiary/aromatic N) is 2. The Morgan fingerprint density at radius 3 is 2.38 bits per heavy atom. The highest BCUT2D eigenvalue weighted by Gasteiger charge is 2.26. The highest BCUT2D eigenvalue weighted by atomic mass is 15.0. The molecule has 0 atom stereocenters. The molecule has 0 radical (unpaired) electrons. The first kappa shape index (κ1) is 15.6. The van der Waals surface area contributed by atoms with Gasteiger partial charge in [-0.05, 0) is 32.4 Å². The fourth-order valence-corrected chi connectivity index (χ4v) is 2.30. The third kappa shape index (κ3) is 3.88. The zero-order valence-electron chi connectivity index (χ0n) is 13.6. The number of benzene rings is 1. The predicted molar refractivity (Wildman–Crippen MR) is 87.3 cm³/mol. The first-order valence-electron chi connectivity index (χ1n) is 7.53. The van der Waals surface area contributed by atoms with Gasteiger partial charge < -0.3 is 5.32 Å². The molecule has 0 saturated carbocycles. The van der Waals surface area contributed by atoms with Gasteiger partial charge in [-0.15, -0.1) is 0 Å². The van der Waals surface area contributed by atoms with Crippen molar-refractivity contribution in [1.82, 2.24) is 15.3 Å². The van der Waals surface area contributed by atoms with Gasteiger partial charge in [0.05, 0.1) is 5.69 Å². The lowest BCUT2D eigenvalue weighted by atomic mass is 9.83. The molecule has 1 N–H and O–H groups in total. The lowest BCUT2D eigenvalue weighted by molar-refractivity contribution is 0.555. The van der Waals surface area contributed by atoms with E-state index in [1.54, 1.807) is 0 Å². The van der Waals surface area contributed by atoms with Crippen LogP contribution in [0.2, 0.25) is 0 Å². The van der Waals surface area contributed by atoms with Crippen LogP contribution in [0.3, 0.4) is 0 Å². The number of aromatic nitrogens is 2. The van der Waals surface area contributed by atoms with Gasteiger partial charge >= 0.3 is 0 Å². The molecule has 0 aliphatic carbocycles. The molecule has 0 aliphatic rings. The largest absolute Gasteiger partial charge is 0.309 e. The van der Waals surface area contributed by atoms with Crippen LogP contribution in [0.1, 0.15) is 50.5 Å². The maximum absolute atomic E-state index is 4.78. The van der Waals surface area contributed by atoms with Gasteiger partial charge in [0.1, 0.15) is 5.82 Å². The third-order valence-corrected chi connectivity index (χ3v) is 3.65. The van der Waals surface area contributed by atoms with Crippen molar-refractivity contribution < 1.29 is 0 Å². The molecule has 2 aromatic rings. The molecule has 112 valence electrons. The number of hydrogen-bond acceptors (Lipinski definition) is 3. The van der Waals surface area contributed by atoms with Crippen LogP contribution in [0.25, 0.3) is 0 Å². The van der Waals surface area contributed by atoms with Gasteiger partial charge in [-0.1, -0.05) is 44.2 Å². The van der Waals surface area contributed by atoms with Crippen LogP contribution in [0.4, 0.5) is 0 Å². The van der Waals surface area contributed by atoms with Crippen molar-refractivity contribution in [3.63, 3.8) is 0 Å². The Morgan fingerprint density at radius 2 is 1.76 bits per heavy atom. The van der Waals surface area contributed by atoms with Crippen LogP contribution in [-0.2, 0) is 12.0 Å². The van der Waals surface area contributed by atoms with Gasteiger partial charge in [0.15, 0.2) is 0 Å². The fraction of sp³-hybridized carbons (Fsp3) is 0.444. The summed E-state index contributed by atoms with van der Waals surface area (Å²) in [4.78, 5) is 9.45. The quantitative estimate of drug-likeness (QED) is 0.911. The Bertz CT molecular complexity index is 589. The van der Waals surface area contributed by atoms with E-state index < -0.39 is 0 Å².